The lowest BCUT2D eigenvalue weighted by molar-refractivity contribution is -0.135. The number of amides is 3. The third-order valence-corrected chi connectivity index (χ3v) is 6.17. The Labute approximate surface area is 163 Å². The van der Waals surface area contributed by atoms with Gasteiger partial charge in [0.05, 0.1) is 0 Å². The minimum Gasteiger partial charge on any atom is -0.381 e. The van der Waals surface area contributed by atoms with Gasteiger partial charge >= 0.3 is 6.03 Å². The molecule has 1 atom stereocenters. The van der Waals surface area contributed by atoms with E-state index >= 15 is 0 Å². The topological polar surface area (TPSA) is 56.3 Å². The summed E-state index contributed by atoms with van der Waals surface area (Å²) in [6.07, 6.45) is 6.44. The van der Waals surface area contributed by atoms with E-state index < -0.39 is 0 Å². The lowest BCUT2D eigenvalue weighted by Crippen LogP contribution is -2.56. The van der Waals surface area contributed by atoms with Crippen LogP contribution in [0.3, 0.4) is 0 Å². The van der Waals surface area contributed by atoms with Crippen LogP contribution in [0.2, 0.25) is 0 Å². The number of likely N-dealkylation sites (N-methyl/N-ethyl adjacent to an activating group) is 1. The monoisotopic (exact) mass is 380 g/mol. The van der Waals surface area contributed by atoms with Crippen LogP contribution in [0.15, 0.2) is 0 Å². The van der Waals surface area contributed by atoms with Gasteiger partial charge in [-0.1, -0.05) is 0 Å². The molecule has 2 saturated heterocycles. The molecule has 3 fully saturated rings. The molecule has 1 unspecified atom stereocenters. The highest BCUT2D eigenvalue weighted by Crippen LogP contribution is 2.32. The predicted molar refractivity (Wildman–Crippen MR) is 105 cm³/mol. The fraction of sp³-hybridized carbons (Fsp3) is 0.900. The summed E-state index contributed by atoms with van der Waals surface area (Å²) < 4.78 is 5.57. The van der Waals surface area contributed by atoms with Crippen molar-refractivity contribution < 1.29 is 14.3 Å². The highest BCUT2D eigenvalue weighted by atomic mass is 16.5. The number of piperidine rings is 1. The van der Waals surface area contributed by atoms with Gasteiger partial charge in [0, 0.05) is 78.5 Å². The van der Waals surface area contributed by atoms with Crippen LogP contribution < -0.4 is 0 Å². The van der Waals surface area contributed by atoms with E-state index in [0.29, 0.717) is 30.5 Å². The van der Waals surface area contributed by atoms with E-state index in [1.165, 1.54) is 0 Å². The smallest absolute Gasteiger partial charge is 0.319 e. The highest BCUT2D eigenvalue weighted by molar-refractivity contribution is 5.81. The van der Waals surface area contributed by atoms with Gasteiger partial charge < -0.3 is 19.4 Å². The lowest BCUT2D eigenvalue weighted by atomic mass is 9.98. The van der Waals surface area contributed by atoms with Crippen LogP contribution >= 0.6 is 0 Å². The summed E-state index contributed by atoms with van der Waals surface area (Å²) in [4.78, 5) is 32.9. The number of carbonyl (C=O) groups is 2. The lowest BCUT2D eigenvalue weighted by Gasteiger charge is -2.44. The van der Waals surface area contributed by atoms with E-state index in [0.717, 1.165) is 71.4 Å². The number of rotatable bonds is 6. The first kappa shape index (κ1) is 20.4. The maximum absolute atomic E-state index is 12.6. The summed E-state index contributed by atoms with van der Waals surface area (Å²) in [6.45, 7) is 4.94. The molecule has 3 amide bonds. The second-order valence-electron chi connectivity index (χ2n) is 8.53. The Morgan fingerprint density at radius 1 is 0.963 bits per heavy atom. The number of nitrogens with zero attached hydrogens (tertiary/aromatic N) is 4. The molecule has 3 aliphatic rings. The Morgan fingerprint density at radius 2 is 1.67 bits per heavy atom. The standard InChI is InChI=1S/C20H36N4O3/c1-21(2)20(26)22(3)11-12-24(17-8-13-27-14-9-17)18-5-4-10-23(15-18)19(25)16-6-7-16/h16-18H,4-15H2,1-3H3. The second-order valence-corrected chi connectivity index (χ2v) is 8.53. The fourth-order valence-electron chi connectivity index (χ4n) is 4.40. The number of hydrogen-bond acceptors (Lipinski definition) is 4. The van der Waals surface area contributed by atoms with Crippen molar-refractivity contribution in [3.8, 4) is 0 Å². The normalized spacial score (nSPS) is 24.1. The summed E-state index contributed by atoms with van der Waals surface area (Å²) in [5.74, 6) is 0.663. The number of hydrogen-bond donors (Lipinski definition) is 0. The minimum absolute atomic E-state index is 0.0381. The van der Waals surface area contributed by atoms with Crippen LogP contribution in [-0.2, 0) is 9.53 Å². The molecule has 0 aromatic heterocycles. The molecule has 7 heteroatoms. The summed E-state index contributed by atoms with van der Waals surface area (Å²) >= 11 is 0. The maximum atomic E-state index is 12.6. The number of carbonyl (C=O) groups excluding carboxylic acids is 2. The molecule has 0 radical (unpaired) electrons. The zero-order valence-electron chi connectivity index (χ0n) is 17.2. The molecule has 2 aliphatic heterocycles. The molecule has 0 spiro atoms. The van der Waals surface area contributed by atoms with Crippen molar-refractivity contribution in [3.63, 3.8) is 0 Å². The highest BCUT2D eigenvalue weighted by Gasteiger charge is 2.37. The molecule has 0 N–H and O–H groups in total. The summed E-state index contributed by atoms with van der Waals surface area (Å²) in [6, 6.07) is 0.922. The minimum atomic E-state index is 0.0381. The van der Waals surface area contributed by atoms with E-state index in [4.69, 9.17) is 4.74 Å². The van der Waals surface area contributed by atoms with Crippen LogP contribution in [0, 0.1) is 5.92 Å². The fourth-order valence-corrected chi connectivity index (χ4v) is 4.40. The quantitative estimate of drug-likeness (QED) is 0.700. The van der Waals surface area contributed by atoms with E-state index in [9.17, 15) is 9.59 Å². The molecule has 154 valence electrons. The molecule has 3 rings (SSSR count). The number of ether oxygens (including phenoxy) is 1. The molecular weight excluding hydrogens is 344 g/mol. The van der Waals surface area contributed by atoms with Crippen molar-refractivity contribution in [2.75, 3.05) is 60.5 Å². The maximum Gasteiger partial charge on any atom is 0.319 e. The Hall–Kier alpha value is -1.34. The first-order valence-electron chi connectivity index (χ1n) is 10.5. The molecule has 27 heavy (non-hydrogen) atoms. The number of urea groups is 1. The average molecular weight is 381 g/mol. The largest absolute Gasteiger partial charge is 0.381 e. The first-order valence-corrected chi connectivity index (χ1v) is 10.5. The van der Waals surface area contributed by atoms with Crippen molar-refractivity contribution >= 4 is 11.9 Å². The Kier molecular flexibility index (Phi) is 6.98. The molecule has 0 aromatic rings. The van der Waals surface area contributed by atoms with Gasteiger partial charge in [0.1, 0.15) is 0 Å². The van der Waals surface area contributed by atoms with Crippen molar-refractivity contribution in [2.45, 2.75) is 50.6 Å². The van der Waals surface area contributed by atoms with Crippen molar-refractivity contribution in [1.29, 1.82) is 0 Å². The second kappa shape index (κ2) is 9.24. The average Bonchev–Trinajstić information content (AvgIpc) is 3.53. The molecule has 0 aromatic carbocycles. The van der Waals surface area contributed by atoms with Crippen LogP contribution in [0.1, 0.15) is 38.5 Å². The predicted octanol–water partition coefficient (Wildman–Crippen LogP) is 1.48. The molecule has 1 aliphatic carbocycles. The van der Waals surface area contributed by atoms with Crippen molar-refractivity contribution in [2.24, 2.45) is 5.92 Å². The Bertz CT molecular complexity index is 517. The van der Waals surface area contributed by atoms with Crippen LogP contribution in [0.5, 0.6) is 0 Å². The third-order valence-electron chi connectivity index (χ3n) is 6.17. The van der Waals surface area contributed by atoms with Crippen molar-refractivity contribution in [1.82, 2.24) is 19.6 Å². The first-order chi connectivity index (χ1) is 13.0. The molecule has 2 heterocycles. The molecular formula is C20H36N4O3. The van der Waals surface area contributed by atoms with E-state index in [-0.39, 0.29) is 6.03 Å². The third kappa shape index (κ3) is 5.35. The van der Waals surface area contributed by atoms with E-state index in [1.807, 2.05) is 7.05 Å². The Balaban J connectivity index is 1.63. The molecule has 0 bridgehead atoms. The van der Waals surface area contributed by atoms with E-state index in [1.54, 1.807) is 23.9 Å². The zero-order chi connectivity index (χ0) is 19.4. The molecule has 7 nitrogen and oxygen atoms in total. The van der Waals surface area contributed by atoms with E-state index in [2.05, 4.69) is 9.80 Å². The summed E-state index contributed by atoms with van der Waals surface area (Å²) in [5.41, 5.74) is 0. The van der Waals surface area contributed by atoms with Gasteiger partial charge in [0.15, 0.2) is 0 Å². The van der Waals surface area contributed by atoms with Gasteiger partial charge in [-0.3, -0.25) is 9.69 Å². The van der Waals surface area contributed by atoms with Crippen LogP contribution in [0.25, 0.3) is 0 Å². The molecule has 1 saturated carbocycles. The Morgan fingerprint density at radius 3 is 2.30 bits per heavy atom. The van der Waals surface area contributed by atoms with Crippen LogP contribution in [0.4, 0.5) is 4.79 Å². The van der Waals surface area contributed by atoms with Gasteiger partial charge in [-0.2, -0.15) is 0 Å². The number of likely N-dealkylation sites (tertiary alicyclic amines) is 1. The van der Waals surface area contributed by atoms with Gasteiger partial charge in [-0.05, 0) is 38.5 Å². The van der Waals surface area contributed by atoms with Crippen molar-refractivity contribution in [3.05, 3.63) is 0 Å². The zero-order valence-corrected chi connectivity index (χ0v) is 17.2. The SMILES string of the molecule is CN(C)C(=O)N(C)CCN(C1CCOCC1)C1CCCN(C(=O)C2CC2)C1. The summed E-state index contributed by atoms with van der Waals surface area (Å²) in [5, 5.41) is 0. The van der Waals surface area contributed by atoms with Gasteiger partial charge in [0.25, 0.3) is 0 Å². The summed E-state index contributed by atoms with van der Waals surface area (Å²) in [7, 11) is 5.45. The van der Waals surface area contributed by atoms with Crippen LogP contribution in [-0.4, -0.2) is 104 Å². The van der Waals surface area contributed by atoms with Gasteiger partial charge in [-0.15, -0.1) is 0 Å². The van der Waals surface area contributed by atoms with Gasteiger partial charge in [-0.25, -0.2) is 4.79 Å². The van der Waals surface area contributed by atoms with Gasteiger partial charge in [0.2, 0.25) is 5.91 Å².